The van der Waals surface area contributed by atoms with Crippen LogP contribution >= 0.6 is 136 Å². The Morgan fingerprint density at radius 1 is 0.723 bits per heavy atom. The zero-order valence-electron chi connectivity index (χ0n) is 24.5. The molecule has 0 aliphatic carbocycles. The summed E-state index contributed by atoms with van der Waals surface area (Å²) in [6, 6.07) is -1.33. The van der Waals surface area contributed by atoms with E-state index in [-0.39, 0.29) is 48.1 Å². The minimum Gasteiger partial charge on any atom is -0.478 e. The average molecular weight is 1330 g/mol. The van der Waals surface area contributed by atoms with E-state index in [0.29, 0.717) is 12.8 Å². The van der Waals surface area contributed by atoms with Gasteiger partial charge in [0.1, 0.15) is 6.04 Å². The Hall–Kier alpha value is -0.930. The van der Waals surface area contributed by atoms with Crippen molar-refractivity contribution in [2.45, 2.75) is 13.0 Å². The molecule has 2 aromatic rings. The molecule has 0 aliphatic rings. The number of hydrogen-bond acceptors (Lipinski definition) is 8. The van der Waals surface area contributed by atoms with Crippen LogP contribution in [0.25, 0.3) is 0 Å². The topological polar surface area (TPSA) is 223 Å². The summed E-state index contributed by atoms with van der Waals surface area (Å²) in [4.78, 5) is 90.5. The molecule has 0 radical (unpaired) electrons. The number of anilines is 2. The molecule has 2 rings (SSSR count). The van der Waals surface area contributed by atoms with Crippen LogP contribution in [0.4, 0.5) is 11.4 Å². The van der Waals surface area contributed by atoms with Crippen LogP contribution in [0, 0.1) is 21.4 Å². The Balaban J connectivity index is 2.53. The van der Waals surface area contributed by atoms with Crippen molar-refractivity contribution in [3.05, 3.63) is 43.7 Å². The highest BCUT2D eigenvalue weighted by molar-refractivity contribution is 14.1. The highest BCUT2D eigenvalue weighted by atomic mass is 127. The molecule has 0 aliphatic heterocycles. The molecule has 1 unspecified atom stereocenters. The molecular formula is C26H24I6N6O9. The first-order valence-corrected chi connectivity index (χ1v) is 19.2. The number of carbonyl (C=O) groups is 7. The summed E-state index contributed by atoms with van der Waals surface area (Å²) in [6.07, 6.45) is 0. The smallest absolute Gasteiger partial charge is 0.337 e. The summed E-state index contributed by atoms with van der Waals surface area (Å²) in [5, 5.41) is 31.8. The first-order valence-electron chi connectivity index (χ1n) is 12.7. The van der Waals surface area contributed by atoms with Gasteiger partial charge in [-0.15, -0.1) is 0 Å². The number of halogens is 6. The molecule has 0 spiro atoms. The highest BCUT2D eigenvalue weighted by Gasteiger charge is 2.32. The van der Waals surface area contributed by atoms with Crippen LogP contribution in [0.2, 0.25) is 0 Å². The lowest BCUT2D eigenvalue weighted by Crippen LogP contribution is -2.48. The van der Waals surface area contributed by atoms with Gasteiger partial charge in [0.2, 0.25) is 17.7 Å². The van der Waals surface area contributed by atoms with Crippen molar-refractivity contribution in [3.8, 4) is 0 Å². The number of carboxylic acids is 1. The lowest BCUT2D eigenvalue weighted by Gasteiger charge is -2.24. The van der Waals surface area contributed by atoms with Crippen LogP contribution in [0.5, 0.6) is 0 Å². The predicted molar refractivity (Wildman–Crippen MR) is 222 cm³/mol. The van der Waals surface area contributed by atoms with E-state index in [0.717, 1.165) is 0 Å². The Morgan fingerprint density at radius 3 is 1.68 bits per heavy atom. The normalized spacial score (nSPS) is 11.2. The molecule has 2 aromatic carbocycles. The maximum Gasteiger partial charge on any atom is 0.337 e. The maximum absolute atomic E-state index is 13.5. The number of aromatic carboxylic acids is 1. The van der Waals surface area contributed by atoms with E-state index in [2.05, 4.69) is 26.6 Å². The van der Waals surface area contributed by atoms with Crippen molar-refractivity contribution in [1.29, 1.82) is 0 Å². The molecule has 0 fully saturated rings. The monoisotopic (exact) mass is 1330 g/mol. The fourth-order valence-corrected chi connectivity index (χ4v) is 13.1. The number of nitrogens with zero attached hydrogens (tertiary/aromatic N) is 1. The van der Waals surface area contributed by atoms with Crippen molar-refractivity contribution in [3.63, 3.8) is 0 Å². The summed E-state index contributed by atoms with van der Waals surface area (Å²) in [5.41, 5.74) is 0.0886. The SMILES string of the molecule is CNC(=O)c1c(I)c(C(=O)NCC(=O)Nc2c(I)c(C(=O)O)c(I)c(C(=O)NC(CO)C(=O)NC)c2I)c(I)c(N(C)C(C)=O)c1I. The molecular weight excluding hydrogens is 1300 g/mol. The number of carboxylic acid groups (broad SMARTS) is 1. The van der Waals surface area contributed by atoms with Crippen molar-refractivity contribution in [2.24, 2.45) is 0 Å². The third kappa shape index (κ3) is 9.45. The van der Waals surface area contributed by atoms with E-state index in [4.69, 9.17) is 0 Å². The van der Waals surface area contributed by atoms with E-state index < -0.39 is 54.7 Å². The van der Waals surface area contributed by atoms with Crippen molar-refractivity contribution < 1.29 is 43.8 Å². The van der Waals surface area contributed by atoms with Crippen LogP contribution in [0.3, 0.4) is 0 Å². The molecule has 0 aromatic heterocycles. The predicted octanol–water partition coefficient (Wildman–Crippen LogP) is 2.56. The van der Waals surface area contributed by atoms with Gasteiger partial charge in [-0.2, -0.15) is 0 Å². The van der Waals surface area contributed by atoms with Crippen LogP contribution < -0.4 is 31.5 Å². The first kappa shape index (κ1) is 42.2. The second kappa shape index (κ2) is 18.3. The minimum atomic E-state index is -1.39. The van der Waals surface area contributed by atoms with Gasteiger partial charge in [0, 0.05) is 35.2 Å². The Labute approximate surface area is 349 Å². The molecule has 0 heterocycles. The van der Waals surface area contributed by atoms with Crippen molar-refractivity contribution in [1.82, 2.24) is 21.3 Å². The van der Waals surface area contributed by atoms with Crippen LogP contribution in [-0.2, 0) is 14.4 Å². The minimum absolute atomic E-state index is 0.0281. The zero-order chi connectivity index (χ0) is 36.1. The van der Waals surface area contributed by atoms with Gasteiger partial charge in [-0.3, -0.25) is 28.8 Å². The van der Waals surface area contributed by atoms with Crippen LogP contribution in [0.15, 0.2) is 0 Å². The van der Waals surface area contributed by atoms with Gasteiger partial charge in [-0.05, 0) is 136 Å². The molecule has 0 bridgehead atoms. The number of aliphatic hydroxyl groups excluding tert-OH is 1. The lowest BCUT2D eigenvalue weighted by atomic mass is 10.1. The molecule has 6 amide bonds. The number of carbonyl (C=O) groups excluding carboxylic acids is 6. The van der Waals surface area contributed by atoms with Crippen LogP contribution in [0.1, 0.15) is 48.4 Å². The van der Waals surface area contributed by atoms with Gasteiger partial charge in [0.25, 0.3) is 17.7 Å². The van der Waals surface area contributed by atoms with E-state index in [1.807, 2.05) is 67.8 Å². The van der Waals surface area contributed by atoms with Crippen LogP contribution in [-0.4, -0.2) is 92.0 Å². The summed E-state index contributed by atoms with van der Waals surface area (Å²) in [5.74, 6) is -5.27. The summed E-state index contributed by atoms with van der Waals surface area (Å²) in [6.45, 7) is 0.00192. The van der Waals surface area contributed by atoms with E-state index in [1.165, 1.54) is 33.0 Å². The summed E-state index contributed by atoms with van der Waals surface area (Å²) < 4.78 is 1.36. The van der Waals surface area contributed by atoms with E-state index in [1.54, 1.807) is 67.8 Å². The van der Waals surface area contributed by atoms with Gasteiger partial charge in [0.05, 0.1) is 61.1 Å². The van der Waals surface area contributed by atoms with Gasteiger partial charge < -0.3 is 41.7 Å². The number of nitrogens with one attached hydrogen (secondary N) is 5. The second-order valence-electron chi connectivity index (χ2n) is 9.12. The Kier molecular flexibility index (Phi) is 16.5. The van der Waals surface area contributed by atoms with E-state index in [9.17, 15) is 43.8 Å². The average Bonchev–Trinajstić information content (AvgIpc) is 2.99. The third-order valence-corrected chi connectivity index (χ3v) is 12.7. The highest BCUT2D eigenvalue weighted by Crippen LogP contribution is 2.38. The lowest BCUT2D eigenvalue weighted by molar-refractivity contribution is -0.123. The molecule has 15 nitrogen and oxygen atoms in total. The molecule has 0 saturated heterocycles. The second-order valence-corrected chi connectivity index (χ2v) is 15.6. The number of benzene rings is 2. The zero-order valence-corrected chi connectivity index (χ0v) is 37.4. The molecule has 7 N–H and O–H groups in total. The quantitative estimate of drug-likeness (QED) is 0.164. The Bertz CT molecular complexity index is 1700. The van der Waals surface area contributed by atoms with E-state index >= 15 is 0 Å². The van der Waals surface area contributed by atoms with Gasteiger partial charge in [-0.1, -0.05) is 0 Å². The standard InChI is InChI=1S/C26H24I6N6O9/c1-7(40)38(4)21-18(31)11(23(43)34-3)14(27)12(19(21)32)24(44)35-5-9(41)37-20-16(29)10(15(28)13(17(20)30)26(46)47)25(45)36-8(6-39)22(42)33-2/h8,39H,5-6H2,1-4H3,(H,33,42)(H,34,43)(H,35,44)(H,36,45)(H,37,41)(H,46,47). The number of likely N-dealkylation sites (N-methyl/N-ethyl adjacent to an activating group) is 1. The van der Waals surface area contributed by atoms with Gasteiger partial charge in [-0.25, -0.2) is 4.79 Å². The first-order chi connectivity index (χ1) is 21.9. The maximum atomic E-state index is 13.5. The number of amides is 6. The fraction of sp³-hybridized carbons (Fsp3) is 0.269. The molecule has 254 valence electrons. The molecule has 47 heavy (non-hydrogen) atoms. The molecule has 1 atom stereocenters. The third-order valence-electron chi connectivity index (χ3n) is 6.27. The largest absolute Gasteiger partial charge is 0.478 e. The summed E-state index contributed by atoms with van der Waals surface area (Å²) >= 11 is 10.8. The van der Waals surface area contributed by atoms with Gasteiger partial charge in [0.15, 0.2) is 0 Å². The molecule has 0 saturated carbocycles. The van der Waals surface area contributed by atoms with Gasteiger partial charge >= 0.3 is 5.97 Å². The van der Waals surface area contributed by atoms with Crippen molar-refractivity contribution in [2.75, 3.05) is 44.5 Å². The number of hydrogen-bond donors (Lipinski definition) is 7. The summed E-state index contributed by atoms with van der Waals surface area (Å²) in [7, 11) is 4.25. The Morgan fingerprint density at radius 2 is 1.21 bits per heavy atom. The number of aliphatic hydroxyl groups is 1. The molecule has 21 heteroatoms. The number of rotatable bonds is 11. The van der Waals surface area contributed by atoms with Crippen molar-refractivity contribution >= 4 is 188 Å². The fourth-order valence-electron chi connectivity index (χ4n) is 3.82.